The number of ether oxygens (including phenoxy) is 3. The van der Waals surface area contributed by atoms with Crippen LogP contribution in [0.3, 0.4) is 0 Å². The lowest BCUT2D eigenvalue weighted by Gasteiger charge is -2.18. The van der Waals surface area contributed by atoms with Gasteiger partial charge in [0.15, 0.2) is 6.10 Å². The number of carbonyl (C=O) groups is 3. The lowest BCUT2D eigenvalue weighted by atomic mass is 10.1. The number of hydrogen-bond acceptors (Lipinski definition) is 6. The summed E-state index contributed by atoms with van der Waals surface area (Å²) in [5, 5.41) is 0. The molecule has 0 saturated carbocycles. The summed E-state index contributed by atoms with van der Waals surface area (Å²) >= 11 is 0. The van der Waals surface area contributed by atoms with Crippen LogP contribution in [-0.2, 0) is 28.6 Å². The van der Waals surface area contributed by atoms with Gasteiger partial charge in [-0.25, -0.2) is 0 Å². The van der Waals surface area contributed by atoms with Gasteiger partial charge in [-0.3, -0.25) is 14.4 Å². The van der Waals surface area contributed by atoms with Crippen LogP contribution in [0.4, 0.5) is 0 Å². The summed E-state index contributed by atoms with van der Waals surface area (Å²) in [5.41, 5.74) is 0. The highest BCUT2D eigenvalue weighted by Gasteiger charge is 2.19. The zero-order valence-corrected chi connectivity index (χ0v) is 39.2. The Balaban J connectivity index is 4.42. The molecule has 0 aromatic carbocycles. The van der Waals surface area contributed by atoms with Crippen molar-refractivity contribution < 1.29 is 28.6 Å². The quantitative estimate of drug-likeness (QED) is 0.0263. The van der Waals surface area contributed by atoms with Crippen molar-refractivity contribution in [3.8, 4) is 0 Å². The minimum absolute atomic E-state index is 0.0973. The van der Waals surface area contributed by atoms with E-state index >= 15 is 0 Å². The third-order valence-corrected chi connectivity index (χ3v) is 10.4. The highest BCUT2D eigenvalue weighted by Crippen LogP contribution is 2.13. The molecule has 6 heteroatoms. The smallest absolute Gasteiger partial charge is 0.306 e. The Bertz CT molecular complexity index is 1140. The minimum atomic E-state index is -0.800. The van der Waals surface area contributed by atoms with Gasteiger partial charge in [0.1, 0.15) is 13.2 Å². The Morgan fingerprint density at radius 3 is 1.13 bits per heavy atom. The number of rotatable bonds is 44. The van der Waals surface area contributed by atoms with Crippen LogP contribution in [0.2, 0.25) is 0 Å². The van der Waals surface area contributed by atoms with Gasteiger partial charge in [0, 0.05) is 19.3 Å². The molecule has 0 heterocycles. The van der Waals surface area contributed by atoms with E-state index in [0.29, 0.717) is 19.3 Å². The summed E-state index contributed by atoms with van der Waals surface area (Å²) in [6.07, 6.45) is 60.3. The summed E-state index contributed by atoms with van der Waals surface area (Å²) in [7, 11) is 0. The van der Waals surface area contributed by atoms with Crippen LogP contribution in [-0.4, -0.2) is 37.2 Å². The van der Waals surface area contributed by atoms with Crippen molar-refractivity contribution in [3.05, 3.63) is 72.9 Å². The molecule has 0 aliphatic carbocycles. The van der Waals surface area contributed by atoms with Gasteiger partial charge in [-0.1, -0.05) is 184 Å². The number of esters is 3. The molecule has 0 saturated heterocycles. The van der Waals surface area contributed by atoms with Gasteiger partial charge in [-0.2, -0.15) is 0 Å². The van der Waals surface area contributed by atoms with Crippen LogP contribution in [0.5, 0.6) is 0 Å². The first kappa shape index (κ1) is 56.9. The van der Waals surface area contributed by atoms with Crippen molar-refractivity contribution in [2.75, 3.05) is 13.2 Å². The van der Waals surface area contributed by atoms with Gasteiger partial charge in [-0.15, -0.1) is 0 Å². The van der Waals surface area contributed by atoms with Crippen molar-refractivity contribution in [2.45, 2.75) is 239 Å². The second kappa shape index (κ2) is 48.5. The number of allylic oxidation sites excluding steroid dienone is 12. The van der Waals surface area contributed by atoms with Gasteiger partial charge in [-0.05, 0) is 103 Å². The Labute approximate surface area is 370 Å². The monoisotopic (exact) mass is 837 g/mol. The lowest BCUT2D eigenvalue weighted by Crippen LogP contribution is -2.30. The topological polar surface area (TPSA) is 78.9 Å². The summed E-state index contributed by atoms with van der Waals surface area (Å²) in [4.78, 5) is 37.8. The Kier molecular flexibility index (Phi) is 46.0. The molecule has 0 fully saturated rings. The molecule has 0 amide bonds. The van der Waals surface area contributed by atoms with Gasteiger partial charge in [0.25, 0.3) is 0 Å². The van der Waals surface area contributed by atoms with E-state index in [1.54, 1.807) is 0 Å². The molecule has 6 nitrogen and oxygen atoms in total. The van der Waals surface area contributed by atoms with Crippen LogP contribution < -0.4 is 0 Å². The molecule has 0 spiro atoms. The maximum atomic E-state index is 12.7. The molecule has 0 aromatic rings. The summed E-state index contributed by atoms with van der Waals surface area (Å²) < 4.78 is 16.7. The lowest BCUT2D eigenvalue weighted by molar-refractivity contribution is -0.167. The third-order valence-electron chi connectivity index (χ3n) is 10.4. The van der Waals surface area contributed by atoms with Crippen molar-refractivity contribution in [1.82, 2.24) is 0 Å². The predicted octanol–water partition coefficient (Wildman–Crippen LogP) is 16.3. The maximum absolute atomic E-state index is 12.7. The average Bonchev–Trinajstić information content (AvgIpc) is 3.24. The first-order chi connectivity index (χ1) is 29.5. The Hall–Kier alpha value is -3.15. The van der Waals surface area contributed by atoms with E-state index in [9.17, 15) is 14.4 Å². The van der Waals surface area contributed by atoms with Crippen LogP contribution in [0.25, 0.3) is 0 Å². The van der Waals surface area contributed by atoms with E-state index in [2.05, 4.69) is 93.7 Å². The van der Waals surface area contributed by atoms with Crippen molar-refractivity contribution in [2.24, 2.45) is 0 Å². The highest BCUT2D eigenvalue weighted by molar-refractivity contribution is 5.71. The van der Waals surface area contributed by atoms with Crippen molar-refractivity contribution in [1.29, 1.82) is 0 Å². The fraction of sp³-hybridized carbons (Fsp3) is 0.722. The molecule has 0 bridgehead atoms. The molecule has 1 unspecified atom stereocenters. The first-order valence-electron chi connectivity index (χ1n) is 24.9. The Morgan fingerprint density at radius 2 is 0.683 bits per heavy atom. The molecule has 0 aliphatic rings. The van der Waals surface area contributed by atoms with Gasteiger partial charge in [0.05, 0.1) is 0 Å². The van der Waals surface area contributed by atoms with Crippen molar-refractivity contribution >= 4 is 17.9 Å². The summed E-state index contributed by atoms with van der Waals surface area (Å²) in [6.45, 7) is 6.40. The number of carbonyl (C=O) groups excluding carboxylic acids is 3. The highest BCUT2D eigenvalue weighted by atomic mass is 16.6. The molecule has 0 rings (SSSR count). The third kappa shape index (κ3) is 45.9. The fourth-order valence-electron chi connectivity index (χ4n) is 6.66. The van der Waals surface area contributed by atoms with Crippen LogP contribution in [0.1, 0.15) is 233 Å². The number of unbranched alkanes of at least 4 members (excludes halogenated alkanes) is 21. The molecule has 0 aliphatic heterocycles. The van der Waals surface area contributed by atoms with E-state index in [0.717, 1.165) is 96.3 Å². The largest absolute Gasteiger partial charge is 0.462 e. The average molecular weight is 837 g/mol. The SMILES string of the molecule is CC/C=C\C/C=C\C/C=C\C/C=C\CCCCC(=O)OC(COC(=O)CCCCCCC/C=C\CCC)COC(=O)CCCCCCCCC/C=C\CCCCCCCC. The van der Waals surface area contributed by atoms with Gasteiger partial charge >= 0.3 is 17.9 Å². The molecule has 60 heavy (non-hydrogen) atoms. The fourth-order valence-corrected chi connectivity index (χ4v) is 6.66. The zero-order chi connectivity index (χ0) is 43.7. The predicted molar refractivity (Wildman–Crippen MR) is 256 cm³/mol. The molecule has 344 valence electrons. The molecular weight excluding hydrogens is 745 g/mol. The molecule has 1 atom stereocenters. The number of hydrogen-bond donors (Lipinski definition) is 0. The van der Waals surface area contributed by atoms with E-state index < -0.39 is 6.10 Å². The Morgan fingerprint density at radius 1 is 0.350 bits per heavy atom. The van der Waals surface area contributed by atoms with E-state index in [4.69, 9.17) is 14.2 Å². The zero-order valence-electron chi connectivity index (χ0n) is 39.2. The molecule has 0 radical (unpaired) electrons. The van der Waals surface area contributed by atoms with Crippen LogP contribution in [0, 0.1) is 0 Å². The van der Waals surface area contributed by atoms with Gasteiger partial charge < -0.3 is 14.2 Å². The van der Waals surface area contributed by atoms with E-state index in [1.165, 1.54) is 89.9 Å². The summed E-state index contributed by atoms with van der Waals surface area (Å²) in [5.74, 6) is -0.956. The van der Waals surface area contributed by atoms with E-state index in [1.807, 2.05) is 0 Å². The first-order valence-corrected chi connectivity index (χ1v) is 24.9. The molecular formula is C54H92O6. The van der Waals surface area contributed by atoms with E-state index in [-0.39, 0.29) is 37.5 Å². The van der Waals surface area contributed by atoms with Gasteiger partial charge in [0.2, 0.25) is 0 Å². The second-order valence-corrected chi connectivity index (χ2v) is 16.3. The minimum Gasteiger partial charge on any atom is -0.462 e. The second-order valence-electron chi connectivity index (χ2n) is 16.3. The summed E-state index contributed by atoms with van der Waals surface area (Å²) in [6, 6.07) is 0. The maximum Gasteiger partial charge on any atom is 0.306 e. The van der Waals surface area contributed by atoms with Crippen molar-refractivity contribution in [3.63, 3.8) is 0 Å². The van der Waals surface area contributed by atoms with Crippen LogP contribution in [0.15, 0.2) is 72.9 Å². The van der Waals surface area contributed by atoms with Crippen LogP contribution >= 0.6 is 0 Å². The molecule has 0 aromatic heterocycles. The normalized spacial score (nSPS) is 12.7. The standard InChI is InChI=1S/C54H92O6/c1-4-7-10-13-16-19-22-24-26-27-29-30-32-35-38-41-44-47-53(56)59-50-51(49-58-52(55)46-43-40-37-34-21-18-15-12-9-6-3)60-54(57)48-45-42-39-36-33-31-28-25-23-20-17-14-11-8-5-2/h8,11-12,15,17,20,24-26,28,33,36,51H,4-7,9-10,13-14,16,18-19,21-23,27,29-32,34-35,37-50H2,1-3H3/b11-8-,15-12-,20-17-,26-24-,28-25-,36-33-. The molecule has 0 N–H and O–H groups in total.